The SMILES string of the molecule is CC(C)n1c(C2CCCN(C(=O)[C@@H]3CCC[C@@H]3CN)C2)nc2ccccc21.Cl.Cl. The van der Waals surface area contributed by atoms with Gasteiger partial charge in [-0.3, -0.25) is 4.79 Å². The monoisotopic (exact) mass is 440 g/mol. The molecule has 4 rings (SSSR count). The Hall–Kier alpha value is -1.30. The van der Waals surface area contributed by atoms with Crippen molar-refractivity contribution in [1.82, 2.24) is 14.5 Å². The van der Waals surface area contributed by atoms with Gasteiger partial charge >= 0.3 is 0 Å². The van der Waals surface area contributed by atoms with Crippen LogP contribution in [0.4, 0.5) is 0 Å². The number of fused-ring (bicyclic) bond motifs is 1. The molecule has 1 saturated heterocycles. The van der Waals surface area contributed by atoms with Crippen molar-refractivity contribution < 1.29 is 4.79 Å². The first-order valence-electron chi connectivity index (χ1n) is 10.6. The van der Waals surface area contributed by atoms with E-state index in [-0.39, 0.29) is 30.7 Å². The Morgan fingerprint density at radius 2 is 1.93 bits per heavy atom. The van der Waals surface area contributed by atoms with Gasteiger partial charge in [0.2, 0.25) is 5.91 Å². The fourth-order valence-electron chi connectivity index (χ4n) is 5.16. The number of para-hydroxylation sites is 2. The number of rotatable bonds is 4. The lowest BCUT2D eigenvalue weighted by atomic mass is 9.91. The molecule has 2 heterocycles. The maximum atomic E-state index is 13.2. The average Bonchev–Trinajstić information content (AvgIpc) is 3.31. The van der Waals surface area contributed by atoms with Gasteiger partial charge in [0.05, 0.1) is 11.0 Å². The first-order valence-corrected chi connectivity index (χ1v) is 10.6. The van der Waals surface area contributed by atoms with Gasteiger partial charge in [0.1, 0.15) is 5.82 Å². The largest absolute Gasteiger partial charge is 0.342 e. The van der Waals surface area contributed by atoms with E-state index in [9.17, 15) is 4.79 Å². The van der Waals surface area contributed by atoms with Crippen molar-refractivity contribution in [3.8, 4) is 0 Å². The normalized spacial score (nSPS) is 24.4. The molecule has 2 N–H and O–H groups in total. The highest BCUT2D eigenvalue weighted by Crippen LogP contribution is 2.36. The summed E-state index contributed by atoms with van der Waals surface area (Å²) in [6.07, 6.45) is 5.40. The zero-order chi connectivity index (χ0) is 19.0. The van der Waals surface area contributed by atoms with Crippen molar-refractivity contribution in [3.05, 3.63) is 30.1 Å². The van der Waals surface area contributed by atoms with Gasteiger partial charge in [-0.15, -0.1) is 24.8 Å². The van der Waals surface area contributed by atoms with E-state index in [0.717, 1.165) is 56.5 Å². The predicted molar refractivity (Wildman–Crippen MR) is 123 cm³/mol. The highest BCUT2D eigenvalue weighted by molar-refractivity contribution is 5.85. The van der Waals surface area contributed by atoms with Crippen molar-refractivity contribution in [3.63, 3.8) is 0 Å². The minimum absolute atomic E-state index is 0. The molecular formula is C22H34Cl2N4O. The number of benzene rings is 1. The van der Waals surface area contributed by atoms with E-state index in [4.69, 9.17) is 10.7 Å². The molecule has 1 aromatic carbocycles. The average molecular weight is 441 g/mol. The summed E-state index contributed by atoms with van der Waals surface area (Å²) in [6, 6.07) is 8.73. The molecule has 3 atom stereocenters. The second-order valence-electron chi connectivity index (χ2n) is 8.58. The standard InChI is InChI=1S/C22H32N4O.2ClH/c1-15(2)26-20-11-4-3-10-19(20)24-21(26)17-8-6-12-25(14-17)22(27)18-9-5-7-16(18)13-23;;/h3-4,10-11,15-18H,5-9,12-14,23H2,1-2H3;2*1H/t16-,17?,18-;;/m1../s1. The molecule has 0 bridgehead atoms. The number of aromatic nitrogens is 2. The van der Waals surface area contributed by atoms with Gasteiger partial charge in [0.25, 0.3) is 0 Å². The molecular weight excluding hydrogens is 407 g/mol. The number of carbonyl (C=O) groups excluding carboxylic acids is 1. The Bertz CT molecular complexity index is 822. The van der Waals surface area contributed by atoms with Crippen molar-refractivity contribution in [2.75, 3.05) is 19.6 Å². The minimum Gasteiger partial charge on any atom is -0.342 e. The summed E-state index contributed by atoms with van der Waals surface area (Å²) in [5.41, 5.74) is 8.18. The second kappa shape index (κ2) is 10.1. The molecule has 2 fully saturated rings. The molecule has 1 aliphatic heterocycles. The number of carbonyl (C=O) groups is 1. The van der Waals surface area contributed by atoms with Crippen molar-refractivity contribution >= 4 is 41.8 Å². The van der Waals surface area contributed by atoms with Crippen LogP contribution in [-0.2, 0) is 4.79 Å². The smallest absolute Gasteiger partial charge is 0.226 e. The van der Waals surface area contributed by atoms with Crippen LogP contribution in [0.3, 0.4) is 0 Å². The zero-order valence-corrected chi connectivity index (χ0v) is 19.1. The lowest BCUT2D eigenvalue weighted by molar-refractivity contribution is -0.137. The van der Waals surface area contributed by atoms with E-state index in [1.54, 1.807) is 0 Å². The number of nitrogens with two attached hydrogens (primary N) is 1. The Balaban J connectivity index is 0.00000150. The summed E-state index contributed by atoms with van der Waals surface area (Å²) in [6.45, 7) is 6.74. The molecule has 2 aromatic rings. The number of hydrogen-bond donors (Lipinski definition) is 1. The van der Waals surface area contributed by atoms with Crippen molar-refractivity contribution in [1.29, 1.82) is 0 Å². The zero-order valence-electron chi connectivity index (χ0n) is 17.4. The molecule has 1 amide bonds. The summed E-state index contributed by atoms with van der Waals surface area (Å²) in [5, 5.41) is 0. The van der Waals surface area contributed by atoms with E-state index < -0.39 is 0 Å². The molecule has 5 nitrogen and oxygen atoms in total. The van der Waals surface area contributed by atoms with Gasteiger partial charge in [-0.2, -0.15) is 0 Å². The van der Waals surface area contributed by atoms with E-state index in [1.807, 2.05) is 6.07 Å². The number of likely N-dealkylation sites (tertiary alicyclic amines) is 1. The molecule has 0 spiro atoms. The first-order chi connectivity index (χ1) is 13.1. The molecule has 1 aromatic heterocycles. The highest BCUT2D eigenvalue weighted by atomic mass is 35.5. The Kier molecular flexibility index (Phi) is 8.38. The van der Waals surface area contributed by atoms with Crippen molar-refractivity contribution in [2.45, 2.75) is 57.9 Å². The number of nitrogens with zero attached hydrogens (tertiary/aromatic N) is 3. The van der Waals surface area contributed by atoms with Gasteiger partial charge in [-0.1, -0.05) is 18.6 Å². The quantitative estimate of drug-likeness (QED) is 0.758. The minimum atomic E-state index is 0. The topological polar surface area (TPSA) is 64.2 Å². The van der Waals surface area contributed by atoms with Gasteiger partial charge in [0, 0.05) is 31.0 Å². The van der Waals surface area contributed by atoms with Crippen LogP contribution in [-0.4, -0.2) is 40.0 Å². The van der Waals surface area contributed by atoms with Crippen LogP contribution in [0.5, 0.6) is 0 Å². The number of piperidine rings is 1. The molecule has 2 aliphatic rings. The van der Waals surface area contributed by atoms with Gasteiger partial charge in [0.15, 0.2) is 0 Å². The van der Waals surface area contributed by atoms with Gasteiger partial charge in [-0.25, -0.2) is 4.98 Å². The van der Waals surface area contributed by atoms with Crippen LogP contribution < -0.4 is 5.73 Å². The third-order valence-electron chi connectivity index (χ3n) is 6.52. The van der Waals surface area contributed by atoms with E-state index in [0.29, 0.717) is 30.3 Å². The lowest BCUT2D eigenvalue weighted by Gasteiger charge is -2.35. The molecule has 1 unspecified atom stereocenters. The maximum absolute atomic E-state index is 13.2. The number of amides is 1. The molecule has 1 saturated carbocycles. The van der Waals surface area contributed by atoms with Crippen LogP contribution >= 0.6 is 24.8 Å². The highest BCUT2D eigenvalue weighted by Gasteiger charge is 2.37. The fraction of sp³-hybridized carbons (Fsp3) is 0.636. The van der Waals surface area contributed by atoms with Crippen LogP contribution in [0.15, 0.2) is 24.3 Å². The molecule has 162 valence electrons. The van der Waals surface area contributed by atoms with Crippen LogP contribution in [0.25, 0.3) is 11.0 Å². The van der Waals surface area contributed by atoms with E-state index in [1.165, 1.54) is 5.52 Å². The molecule has 29 heavy (non-hydrogen) atoms. The molecule has 1 aliphatic carbocycles. The predicted octanol–water partition coefficient (Wildman–Crippen LogP) is 4.54. The summed E-state index contributed by atoms with van der Waals surface area (Å²) in [5.74, 6) is 2.30. The van der Waals surface area contributed by atoms with Gasteiger partial charge in [-0.05, 0) is 64.1 Å². The summed E-state index contributed by atoms with van der Waals surface area (Å²) < 4.78 is 2.37. The maximum Gasteiger partial charge on any atom is 0.226 e. The molecule has 7 heteroatoms. The Morgan fingerprint density at radius 3 is 2.66 bits per heavy atom. The fourth-order valence-corrected chi connectivity index (χ4v) is 5.16. The Morgan fingerprint density at radius 1 is 1.17 bits per heavy atom. The molecule has 0 radical (unpaired) electrons. The van der Waals surface area contributed by atoms with E-state index in [2.05, 4.69) is 41.5 Å². The first kappa shape index (κ1) is 24.0. The second-order valence-corrected chi connectivity index (χ2v) is 8.58. The number of halogens is 2. The van der Waals surface area contributed by atoms with Gasteiger partial charge < -0.3 is 15.2 Å². The number of hydrogen-bond acceptors (Lipinski definition) is 3. The van der Waals surface area contributed by atoms with E-state index >= 15 is 0 Å². The third kappa shape index (κ3) is 4.57. The van der Waals surface area contributed by atoms with Crippen LogP contribution in [0.2, 0.25) is 0 Å². The van der Waals surface area contributed by atoms with Crippen LogP contribution in [0, 0.1) is 11.8 Å². The summed E-state index contributed by atoms with van der Waals surface area (Å²) in [4.78, 5) is 20.3. The third-order valence-corrected chi connectivity index (χ3v) is 6.52. The number of imidazole rings is 1. The Labute approximate surface area is 186 Å². The van der Waals surface area contributed by atoms with Crippen molar-refractivity contribution in [2.24, 2.45) is 17.6 Å². The van der Waals surface area contributed by atoms with Crippen LogP contribution in [0.1, 0.15) is 63.7 Å². The summed E-state index contributed by atoms with van der Waals surface area (Å²) >= 11 is 0. The summed E-state index contributed by atoms with van der Waals surface area (Å²) in [7, 11) is 0. The lowest BCUT2D eigenvalue weighted by Crippen LogP contribution is -2.44.